The molecule has 26 heavy (non-hydrogen) atoms. The monoisotopic (exact) mass is 498 g/mol. The van der Waals surface area contributed by atoms with Crippen molar-refractivity contribution in [2.75, 3.05) is 12.0 Å². The average molecular weight is 499 g/mol. The first-order valence-electron chi connectivity index (χ1n) is 7.41. The second kappa shape index (κ2) is 7.73. The lowest BCUT2D eigenvalue weighted by atomic mass is 10.1. The molecule has 3 rings (SSSR count). The number of hydrogen-bond donors (Lipinski definition) is 1. The molecule has 1 fully saturated rings. The lowest BCUT2D eigenvalue weighted by molar-refractivity contribution is -0.122. The maximum absolute atomic E-state index is 12.9. The zero-order chi connectivity index (χ0) is 18.8. The number of thiocarbonyl (C=S) groups is 1. The summed E-state index contributed by atoms with van der Waals surface area (Å²) in [5, 5.41) is 3.12. The second-order valence-electron chi connectivity index (χ2n) is 5.33. The van der Waals surface area contributed by atoms with Crippen molar-refractivity contribution in [3.63, 3.8) is 0 Å². The van der Waals surface area contributed by atoms with E-state index in [0.717, 1.165) is 9.32 Å². The summed E-state index contributed by atoms with van der Waals surface area (Å²) >= 11 is 13.2. The van der Waals surface area contributed by atoms with Gasteiger partial charge in [-0.25, -0.2) is 0 Å². The summed E-state index contributed by atoms with van der Waals surface area (Å²) in [6.07, 6.45) is 1.53. The first kappa shape index (κ1) is 18.8. The van der Waals surface area contributed by atoms with Crippen LogP contribution in [0.1, 0.15) is 5.56 Å². The van der Waals surface area contributed by atoms with Gasteiger partial charge < -0.3 is 4.74 Å². The molecule has 1 aliphatic heterocycles. The van der Waals surface area contributed by atoms with E-state index in [4.69, 9.17) is 28.6 Å². The normalized spacial score (nSPS) is 16.0. The molecule has 8 heteroatoms. The summed E-state index contributed by atoms with van der Waals surface area (Å²) < 4.78 is 6.09. The summed E-state index contributed by atoms with van der Waals surface area (Å²) in [7, 11) is 1.58. The molecule has 2 amide bonds. The van der Waals surface area contributed by atoms with Crippen molar-refractivity contribution >= 4 is 75.1 Å². The Morgan fingerprint density at radius 2 is 1.88 bits per heavy atom. The van der Waals surface area contributed by atoms with Gasteiger partial charge in [0.25, 0.3) is 11.8 Å². The third-order valence-corrected chi connectivity index (χ3v) is 5.05. The molecule has 0 atom stereocenters. The average Bonchev–Trinajstić information content (AvgIpc) is 2.60. The predicted octanol–water partition coefficient (Wildman–Crippen LogP) is 3.78. The maximum Gasteiger partial charge on any atom is 0.270 e. The lowest BCUT2D eigenvalue weighted by Gasteiger charge is -2.29. The number of benzene rings is 2. The fourth-order valence-electron chi connectivity index (χ4n) is 2.42. The number of carbonyl (C=O) groups excluding carboxylic acids is 2. The number of hydrogen-bond acceptors (Lipinski definition) is 4. The minimum atomic E-state index is -0.531. The molecule has 2 aromatic rings. The minimum Gasteiger partial charge on any atom is -0.496 e. The number of rotatable bonds is 3. The highest BCUT2D eigenvalue weighted by Gasteiger charge is 2.34. The van der Waals surface area contributed by atoms with Gasteiger partial charge in [-0.3, -0.25) is 19.8 Å². The summed E-state index contributed by atoms with van der Waals surface area (Å²) in [6, 6.07) is 12.0. The summed E-state index contributed by atoms with van der Waals surface area (Å²) in [6.45, 7) is 0. The Balaban J connectivity index is 1.99. The van der Waals surface area contributed by atoms with Crippen molar-refractivity contribution in [1.82, 2.24) is 5.32 Å². The molecule has 2 aromatic carbocycles. The van der Waals surface area contributed by atoms with Gasteiger partial charge in [-0.1, -0.05) is 17.7 Å². The molecule has 0 aliphatic carbocycles. The van der Waals surface area contributed by atoms with E-state index < -0.39 is 11.8 Å². The van der Waals surface area contributed by atoms with Crippen LogP contribution in [0.25, 0.3) is 6.08 Å². The predicted molar refractivity (Wildman–Crippen MR) is 113 cm³/mol. The number of nitrogens with zero attached hydrogens (tertiary/aromatic N) is 1. The number of ether oxygens (including phenoxy) is 1. The van der Waals surface area contributed by atoms with Gasteiger partial charge in [0.05, 0.1) is 16.4 Å². The summed E-state index contributed by atoms with van der Waals surface area (Å²) in [5.41, 5.74) is 1.23. The Bertz CT molecular complexity index is 944. The van der Waals surface area contributed by atoms with Gasteiger partial charge in [0.2, 0.25) is 0 Å². The topological polar surface area (TPSA) is 58.6 Å². The van der Waals surface area contributed by atoms with E-state index in [0.29, 0.717) is 16.3 Å². The van der Waals surface area contributed by atoms with Crippen LogP contribution in [0.4, 0.5) is 5.69 Å². The minimum absolute atomic E-state index is 0.00508. The third-order valence-electron chi connectivity index (χ3n) is 3.67. The molecule has 5 nitrogen and oxygen atoms in total. The lowest BCUT2D eigenvalue weighted by Crippen LogP contribution is -2.54. The number of nitrogens with one attached hydrogen (secondary N) is 1. The first-order chi connectivity index (χ1) is 12.4. The van der Waals surface area contributed by atoms with Crippen LogP contribution >= 0.6 is 46.4 Å². The molecule has 1 aliphatic rings. The third kappa shape index (κ3) is 3.74. The fraction of sp³-hybridized carbons (Fsp3) is 0.0556. The SMILES string of the molecule is COc1ccc(/C=C2/C(=O)NC(=S)N(c3ccc(Cl)cc3)C2=O)cc1I. The Morgan fingerprint density at radius 1 is 1.19 bits per heavy atom. The smallest absolute Gasteiger partial charge is 0.270 e. The standard InChI is InChI=1S/C18H12ClIN2O3S/c1-25-15-7-2-10(9-14(15)20)8-13-16(23)21-18(26)22(17(13)24)12-5-3-11(19)4-6-12/h2-9H,1H3,(H,21,23,26)/b13-8-. The van der Waals surface area contributed by atoms with Crippen LogP contribution in [0.15, 0.2) is 48.0 Å². The summed E-state index contributed by atoms with van der Waals surface area (Å²) in [4.78, 5) is 26.5. The van der Waals surface area contributed by atoms with Crippen LogP contribution in [0, 0.1) is 3.57 Å². The molecular weight excluding hydrogens is 487 g/mol. The van der Waals surface area contributed by atoms with E-state index in [1.165, 1.54) is 11.0 Å². The number of methoxy groups -OCH3 is 1. The van der Waals surface area contributed by atoms with E-state index in [-0.39, 0.29) is 10.7 Å². The molecule has 132 valence electrons. The van der Waals surface area contributed by atoms with E-state index in [9.17, 15) is 9.59 Å². The van der Waals surface area contributed by atoms with Gasteiger partial charge in [-0.2, -0.15) is 0 Å². The van der Waals surface area contributed by atoms with E-state index in [1.54, 1.807) is 43.5 Å². The number of carbonyl (C=O) groups is 2. The number of anilines is 1. The molecule has 0 spiro atoms. The number of amides is 2. The maximum atomic E-state index is 12.9. The van der Waals surface area contributed by atoms with Crippen LogP contribution < -0.4 is 15.0 Å². The van der Waals surface area contributed by atoms with Crippen LogP contribution in [-0.4, -0.2) is 24.0 Å². The first-order valence-corrected chi connectivity index (χ1v) is 9.28. The highest BCUT2D eigenvalue weighted by molar-refractivity contribution is 14.1. The Kier molecular flexibility index (Phi) is 5.59. The van der Waals surface area contributed by atoms with Gasteiger partial charge in [0, 0.05) is 5.02 Å². The van der Waals surface area contributed by atoms with Gasteiger partial charge in [0.15, 0.2) is 5.11 Å². The fourth-order valence-corrected chi connectivity index (χ4v) is 3.59. The Hall–Kier alpha value is -1.97. The van der Waals surface area contributed by atoms with Gasteiger partial charge >= 0.3 is 0 Å². The highest BCUT2D eigenvalue weighted by Crippen LogP contribution is 2.26. The molecule has 0 saturated carbocycles. The zero-order valence-electron chi connectivity index (χ0n) is 13.5. The molecule has 0 bridgehead atoms. The van der Waals surface area contributed by atoms with Gasteiger partial charge in [-0.15, -0.1) is 0 Å². The van der Waals surface area contributed by atoms with Crippen molar-refractivity contribution in [1.29, 1.82) is 0 Å². The van der Waals surface area contributed by atoms with Crippen molar-refractivity contribution in [2.45, 2.75) is 0 Å². The van der Waals surface area contributed by atoms with Crippen molar-refractivity contribution in [3.05, 3.63) is 62.2 Å². The van der Waals surface area contributed by atoms with Crippen LogP contribution in [0.3, 0.4) is 0 Å². The van der Waals surface area contributed by atoms with E-state index >= 15 is 0 Å². The van der Waals surface area contributed by atoms with Crippen molar-refractivity contribution < 1.29 is 14.3 Å². The molecule has 0 unspecified atom stereocenters. The van der Waals surface area contributed by atoms with Crippen LogP contribution in [-0.2, 0) is 9.59 Å². The van der Waals surface area contributed by atoms with Crippen LogP contribution in [0.2, 0.25) is 5.02 Å². The molecule has 1 N–H and O–H groups in total. The van der Waals surface area contributed by atoms with E-state index in [2.05, 4.69) is 27.9 Å². The van der Waals surface area contributed by atoms with Crippen LogP contribution in [0.5, 0.6) is 5.75 Å². The van der Waals surface area contributed by atoms with Crippen molar-refractivity contribution in [3.8, 4) is 5.75 Å². The molecule has 1 heterocycles. The number of halogens is 2. The molecular formula is C18H12ClIN2O3S. The molecule has 0 radical (unpaired) electrons. The quantitative estimate of drug-likeness (QED) is 0.303. The zero-order valence-corrected chi connectivity index (χ0v) is 17.2. The Labute approximate surface area is 174 Å². The Morgan fingerprint density at radius 3 is 2.50 bits per heavy atom. The molecule has 1 saturated heterocycles. The van der Waals surface area contributed by atoms with E-state index in [1.807, 2.05) is 6.07 Å². The van der Waals surface area contributed by atoms with Crippen molar-refractivity contribution in [2.24, 2.45) is 0 Å². The van der Waals surface area contributed by atoms with Gasteiger partial charge in [-0.05, 0) is 82.8 Å². The van der Waals surface area contributed by atoms with Gasteiger partial charge in [0.1, 0.15) is 11.3 Å². The second-order valence-corrected chi connectivity index (χ2v) is 7.31. The molecule has 0 aromatic heterocycles. The summed E-state index contributed by atoms with van der Waals surface area (Å²) in [5.74, 6) is -0.306. The largest absolute Gasteiger partial charge is 0.496 e. The highest BCUT2D eigenvalue weighted by atomic mass is 127.